The van der Waals surface area contributed by atoms with Gasteiger partial charge in [0.05, 0.1) is 24.4 Å². The van der Waals surface area contributed by atoms with Crippen LogP contribution in [0.1, 0.15) is 145 Å². The van der Waals surface area contributed by atoms with Crippen molar-refractivity contribution in [3.05, 3.63) is 47.6 Å². The molecule has 3 aliphatic heterocycles. The van der Waals surface area contributed by atoms with Crippen molar-refractivity contribution in [1.82, 2.24) is 4.90 Å². The number of cyclic esters (lactones) is 1. The number of Topliss-reactive ketones (excluding diaryl/α,β-unsaturated/α-hetero) is 3. The number of fused-ring (bicyclic) bond motifs is 3. The molecule has 0 aromatic heterocycles. The summed E-state index contributed by atoms with van der Waals surface area (Å²) in [4.78, 5) is 72.8. The molecule has 1 saturated carbocycles. The molecule has 2 saturated heterocycles. The molecule has 3 N–H and O–H groups in total. The Balaban J connectivity index is 1.71. The quantitative estimate of drug-likeness (QED) is 0.0375. The van der Waals surface area contributed by atoms with Gasteiger partial charge in [0.1, 0.15) is 30.1 Å². The number of aliphatic hydroxyl groups excluding tert-OH is 2. The number of hydrogen-bond donors (Lipinski definition) is 3. The number of methoxy groups -OCH3 is 2. The highest BCUT2D eigenvalue weighted by molar-refractivity contribution is 14.1. The molecule has 2 unspecified atom stereocenters. The number of aliphatic hydroxyl groups is 3. The van der Waals surface area contributed by atoms with Crippen molar-refractivity contribution in [2.24, 2.45) is 35.5 Å². The molecule has 2 bridgehead atoms. The molecule has 4 rings (SSSR count). The minimum Gasteiger partial charge on any atom is -0.460 e. The minimum absolute atomic E-state index is 0.00128. The predicted octanol–water partition coefficient (Wildman–Crippen LogP) is 8.17. The first-order chi connectivity index (χ1) is 34.8. The van der Waals surface area contributed by atoms with E-state index in [0.717, 1.165) is 35.7 Å². The second-order valence-electron chi connectivity index (χ2n) is 21.5. The van der Waals surface area contributed by atoms with E-state index in [2.05, 4.69) is 22.6 Å². The second kappa shape index (κ2) is 31.5. The van der Waals surface area contributed by atoms with Gasteiger partial charge < -0.3 is 48.6 Å². The van der Waals surface area contributed by atoms with Crippen LogP contribution in [0.4, 0.5) is 0 Å². The lowest BCUT2D eigenvalue weighted by Gasteiger charge is -2.43. The highest BCUT2D eigenvalue weighted by atomic mass is 127. The summed E-state index contributed by atoms with van der Waals surface area (Å²) in [7, 11) is 3.08. The average Bonchev–Trinajstić information content (AvgIpc) is 3.37. The van der Waals surface area contributed by atoms with Gasteiger partial charge in [-0.2, -0.15) is 0 Å². The number of carbonyl (C=O) groups excluding carboxylic acids is 5. The number of ketones is 3. The van der Waals surface area contributed by atoms with Crippen LogP contribution >= 0.6 is 22.6 Å². The number of hydrogen-bond acceptors (Lipinski definition) is 14. The van der Waals surface area contributed by atoms with Gasteiger partial charge in [0.15, 0.2) is 5.78 Å². The molecule has 414 valence electrons. The largest absolute Gasteiger partial charge is 0.460 e. The number of rotatable bonds is 14. The highest BCUT2D eigenvalue weighted by Crippen LogP contribution is 2.38. The van der Waals surface area contributed by atoms with E-state index in [1.165, 1.54) is 12.0 Å². The van der Waals surface area contributed by atoms with Crippen LogP contribution in [0, 0.1) is 35.5 Å². The van der Waals surface area contributed by atoms with Crippen molar-refractivity contribution in [1.29, 1.82) is 0 Å². The van der Waals surface area contributed by atoms with Gasteiger partial charge >= 0.3 is 5.97 Å². The van der Waals surface area contributed by atoms with Gasteiger partial charge in [0.25, 0.3) is 11.7 Å². The maximum atomic E-state index is 14.6. The van der Waals surface area contributed by atoms with Crippen molar-refractivity contribution in [2.75, 3.05) is 45.0 Å². The SMILES string of the molecule is CO[C@@H]1C[C@H](CC(C)C2CC(=O)[C@H](C)/C=C(\C)[C@@H](O)[C@@H](OC)C(=O)[C@H](C)C[C@H](C)/C=C/C=C/C=C(\C)[C@H](OCCCCO)C[C@@H]3CC[C@@H](C)[C@@](O)(O3)C(=O)C(=O)N3CCCC[C@H]3C(=O)O2)CC[C@H]1OCCCI. The fraction of sp³-hybridized carbons (Fsp3) is 0.772. The van der Waals surface area contributed by atoms with Crippen molar-refractivity contribution in [3.8, 4) is 0 Å². The summed E-state index contributed by atoms with van der Waals surface area (Å²) in [6.07, 6.45) is 14.6. The van der Waals surface area contributed by atoms with E-state index >= 15 is 0 Å². The lowest BCUT2D eigenvalue weighted by molar-refractivity contribution is -0.266. The molecule has 3 heterocycles. The molecule has 15 atom stereocenters. The third-order valence-electron chi connectivity index (χ3n) is 15.7. The summed E-state index contributed by atoms with van der Waals surface area (Å²) >= 11 is 2.34. The average molecular weight is 1140 g/mol. The van der Waals surface area contributed by atoms with Crippen LogP contribution in [0.2, 0.25) is 0 Å². The van der Waals surface area contributed by atoms with Gasteiger partial charge in [-0.25, -0.2) is 4.79 Å². The number of esters is 1. The Morgan fingerprint density at radius 1 is 0.849 bits per heavy atom. The number of halogens is 1. The Labute approximate surface area is 449 Å². The number of nitrogens with zero attached hydrogens (tertiary/aromatic N) is 1. The number of ether oxygens (including phenoxy) is 6. The van der Waals surface area contributed by atoms with Crippen LogP contribution in [0.25, 0.3) is 0 Å². The Hall–Kier alpha value is -2.68. The number of alkyl halides is 1. The Bertz CT molecular complexity index is 1900. The zero-order valence-corrected chi connectivity index (χ0v) is 47.5. The molecular weight excluding hydrogens is 1050 g/mol. The Morgan fingerprint density at radius 3 is 2.29 bits per heavy atom. The van der Waals surface area contributed by atoms with Gasteiger partial charge in [-0.1, -0.05) is 93.7 Å². The molecule has 0 radical (unpaired) electrons. The Kier molecular flexibility index (Phi) is 27.1. The fourth-order valence-corrected chi connectivity index (χ4v) is 11.2. The van der Waals surface area contributed by atoms with Gasteiger partial charge in [0, 0.05) is 75.6 Å². The summed E-state index contributed by atoms with van der Waals surface area (Å²) in [5.41, 5.74) is 1.26. The third kappa shape index (κ3) is 18.5. The van der Waals surface area contributed by atoms with E-state index in [1.54, 1.807) is 34.0 Å². The van der Waals surface area contributed by atoms with E-state index in [4.69, 9.17) is 28.4 Å². The molecular formula is C57H90INO14. The normalized spacial score (nSPS) is 37.3. The summed E-state index contributed by atoms with van der Waals surface area (Å²) in [5.74, 6) is -7.92. The van der Waals surface area contributed by atoms with Crippen LogP contribution < -0.4 is 0 Å². The number of unbranched alkanes of at least 4 members (excludes halogenated alkanes) is 1. The number of allylic oxidation sites excluding steroid dienone is 6. The second-order valence-corrected chi connectivity index (χ2v) is 22.6. The smallest absolute Gasteiger partial charge is 0.329 e. The number of amides is 1. The first-order valence-corrected chi connectivity index (χ1v) is 28.7. The van der Waals surface area contributed by atoms with E-state index in [9.17, 15) is 39.3 Å². The molecule has 16 heteroatoms. The summed E-state index contributed by atoms with van der Waals surface area (Å²) in [5, 5.41) is 33.1. The molecule has 0 aromatic carbocycles. The lowest BCUT2D eigenvalue weighted by atomic mass is 9.78. The van der Waals surface area contributed by atoms with Crippen LogP contribution in [0.3, 0.4) is 0 Å². The van der Waals surface area contributed by atoms with Crippen LogP contribution in [-0.4, -0.2) is 149 Å². The predicted molar refractivity (Wildman–Crippen MR) is 288 cm³/mol. The number of carbonyl (C=O) groups is 5. The molecule has 1 aliphatic carbocycles. The Morgan fingerprint density at radius 2 is 1.59 bits per heavy atom. The van der Waals surface area contributed by atoms with E-state index < -0.39 is 77.8 Å². The van der Waals surface area contributed by atoms with Crippen LogP contribution in [0.15, 0.2) is 47.6 Å². The summed E-state index contributed by atoms with van der Waals surface area (Å²) in [6, 6.07) is -1.15. The van der Waals surface area contributed by atoms with Gasteiger partial charge in [0.2, 0.25) is 5.79 Å². The first kappa shape index (κ1) is 62.9. The third-order valence-corrected chi connectivity index (χ3v) is 16.4. The van der Waals surface area contributed by atoms with Crippen molar-refractivity contribution >= 4 is 51.8 Å². The topological polar surface area (TPSA) is 205 Å². The van der Waals surface area contributed by atoms with Crippen LogP contribution in [-0.2, 0) is 52.4 Å². The summed E-state index contributed by atoms with van der Waals surface area (Å²) < 4.78 is 37.7. The molecule has 1 amide bonds. The molecule has 0 aromatic rings. The van der Waals surface area contributed by atoms with E-state index in [-0.39, 0.29) is 73.9 Å². The van der Waals surface area contributed by atoms with Gasteiger partial charge in [-0.3, -0.25) is 19.2 Å². The van der Waals surface area contributed by atoms with Crippen LogP contribution in [0.5, 0.6) is 0 Å². The minimum atomic E-state index is -2.46. The molecule has 3 fully saturated rings. The first-order valence-electron chi connectivity index (χ1n) is 27.2. The van der Waals surface area contributed by atoms with Gasteiger partial charge in [-0.05, 0) is 126 Å². The summed E-state index contributed by atoms with van der Waals surface area (Å²) in [6.45, 7) is 13.9. The standard InChI is InChI=1S/C57H90INO14/c1-36-18-11-10-12-19-37(2)48(71-28-16-15-27-60)34-44-23-21-42(7)57(67,73-44)54(64)55(65)59-26-14-13-20-45(59)56(66)72-49(39(4)32-43-22-24-47(50(33-43)68-8)70-29-17-25-58)35-46(61)38(3)31-41(6)52(63)53(69-9)51(62)40(5)30-36/h10-12,18-19,31,36,38-40,42-45,47-50,52-53,60,63,67H,13-17,20-30,32-35H2,1-9H3/b12-10+,18-11+,37-19+,41-31+/t36-,38-,39?,40-,42-,43+,44+,45+,47-,48-,49?,50-,52-,53+,57-/m1/s1. The van der Waals surface area contributed by atoms with Crippen molar-refractivity contribution in [3.63, 3.8) is 0 Å². The highest BCUT2D eigenvalue weighted by Gasteiger charge is 2.53. The zero-order valence-electron chi connectivity index (χ0n) is 45.3. The molecule has 0 spiro atoms. The number of piperidine rings is 1. The van der Waals surface area contributed by atoms with Gasteiger partial charge in [-0.15, -0.1) is 0 Å². The maximum absolute atomic E-state index is 14.6. The van der Waals surface area contributed by atoms with E-state index in [0.29, 0.717) is 70.2 Å². The fourth-order valence-electron chi connectivity index (χ4n) is 10.9. The molecule has 4 aliphatic rings. The molecule has 15 nitrogen and oxygen atoms in total. The zero-order chi connectivity index (χ0) is 53.8. The maximum Gasteiger partial charge on any atom is 0.329 e. The monoisotopic (exact) mass is 1140 g/mol. The lowest BCUT2D eigenvalue weighted by Crippen LogP contribution is -2.61. The molecule has 73 heavy (non-hydrogen) atoms. The van der Waals surface area contributed by atoms with Crippen molar-refractivity contribution in [2.45, 2.75) is 199 Å². The van der Waals surface area contributed by atoms with E-state index in [1.807, 2.05) is 58.1 Å². The van der Waals surface area contributed by atoms with Crippen molar-refractivity contribution < 1.29 is 67.7 Å².